The number of carbonyl (C=O) groups excluding carboxylic acids is 2. The quantitative estimate of drug-likeness (QED) is 0.282. The molecule has 1 fully saturated rings. The molecule has 0 N–H and O–H groups in total. The third kappa shape index (κ3) is 6.21. The number of benzene rings is 1. The smallest absolute Gasteiger partial charge is 0.316 e. The van der Waals surface area contributed by atoms with Crippen LogP contribution in [0.3, 0.4) is 0 Å². The van der Waals surface area contributed by atoms with Crippen LogP contribution in [0.2, 0.25) is 0 Å². The van der Waals surface area contributed by atoms with Gasteiger partial charge < -0.3 is 4.74 Å². The van der Waals surface area contributed by atoms with E-state index in [-0.39, 0.29) is 17.3 Å². The molecule has 0 aliphatic carbocycles. The molecule has 26 heavy (non-hydrogen) atoms. The van der Waals surface area contributed by atoms with E-state index in [9.17, 15) is 18.0 Å². The number of ether oxygens (including phenoxy) is 1. The molecule has 0 aromatic heterocycles. The number of hydrogen-bond acceptors (Lipinski definition) is 6. The SMILES string of the molecule is Cc1ccc(S(=O)(=O)OCCCCCC(=O)C2CCCCOC2=O)cc1. The predicted octanol–water partition coefficient (Wildman–Crippen LogP) is 3.17. The molecule has 0 radical (unpaired) electrons. The van der Waals surface area contributed by atoms with E-state index in [4.69, 9.17) is 8.92 Å². The van der Waals surface area contributed by atoms with Gasteiger partial charge in [-0.15, -0.1) is 0 Å². The van der Waals surface area contributed by atoms with Crippen molar-refractivity contribution >= 4 is 21.9 Å². The summed E-state index contributed by atoms with van der Waals surface area (Å²) in [6, 6.07) is 6.49. The highest BCUT2D eigenvalue weighted by molar-refractivity contribution is 7.86. The van der Waals surface area contributed by atoms with Gasteiger partial charge in [0.25, 0.3) is 10.1 Å². The minimum Gasteiger partial charge on any atom is -0.465 e. The molecule has 1 heterocycles. The van der Waals surface area contributed by atoms with Gasteiger partial charge in [-0.3, -0.25) is 13.8 Å². The highest BCUT2D eigenvalue weighted by Gasteiger charge is 2.28. The zero-order valence-corrected chi connectivity index (χ0v) is 15.9. The molecule has 0 spiro atoms. The standard InChI is InChI=1S/C19H26O6S/c1-15-9-11-16(12-10-15)26(22,23)25-14-5-2-3-8-18(20)17-7-4-6-13-24-19(17)21/h9-12,17H,2-8,13-14H2,1H3. The van der Waals surface area contributed by atoms with Crippen molar-refractivity contribution in [2.75, 3.05) is 13.2 Å². The van der Waals surface area contributed by atoms with Gasteiger partial charge in [-0.05, 0) is 51.2 Å². The van der Waals surface area contributed by atoms with Gasteiger partial charge in [0.15, 0.2) is 0 Å². The Kier molecular flexibility index (Phi) is 7.78. The number of rotatable bonds is 9. The molecule has 1 aromatic carbocycles. The highest BCUT2D eigenvalue weighted by atomic mass is 32.2. The zero-order valence-electron chi connectivity index (χ0n) is 15.1. The molecule has 0 saturated carbocycles. The second kappa shape index (κ2) is 9.83. The summed E-state index contributed by atoms with van der Waals surface area (Å²) in [5.74, 6) is -1.11. The Morgan fingerprint density at radius 1 is 1.15 bits per heavy atom. The van der Waals surface area contributed by atoms with Crippen LogP contribution in [0.15, 0.2) is 29.2 Å². The molecule has 0 bridgehead atoms. The number of Topliss-reactive ketones (excluding diaryl/α,β-unsaturated/α-hetero) is 1. The summed E-state index contributed by atoms with van der Waals surface area (Å²) in [7, 11) is -3.74. The lowest BCUT2D eigenvalue weighted by atomic mass is 9.94. The summed E-state index contributed by atoms with van der Waals surface area (Å²) in [5.41, 5.74) is 0.978. The van der Waals surface area contributed by atoms with E-state index in [1.807, 2.05) is 6.92 Å². The fourth-order valence-corrected chi connectivity index (χ4v) is 3.77. The van der Waals surface area contributed by atoms with Crippen molar-refractivity contribution in [1.82, 2.24) is 0 Å². The monoisotopic (exact) mass is 382 g/mol. The molecule has 6 nitrogen and oxygen atoms in total. The average molecular weight is 382 g/mol. The Hall–Kier alpha value is -1.73. The first-order valence-electron chi connectivity index (χ1n) is 9.05. The van der Waals surface area contributed by atoms with Crippen LogP contribution < -0.4 is 0 Å². The van der Waals surface area contributed by atoms with Crippen molar-refractivity contribution in [1.29, 1.82) is 0 Å². The number of ketones is 1. The topological polar surface area (TPSA) is 86.7 Å². The number of carbonyl (C=O) groups is 2. The van der Waals surface area contributed by atoms with Crippen LogP contribution in [0, 0.1) is 12.8 Å². The predicted molar refractivity (Wildman–Crippen MR) is 96.1 cm³/mol. The molecule has 1 unspecified atom stereocenters. The fraction of sp³-hybridized carbons (Fsp3) is 0.579. The van der Waals surface area contributed by atoms with Crippen LogP contribution in [0.4, 0.5) is 0 Å². The van der Waals surface area contributed by atoms with E-state index in [2.05, 4.69) is 0 Å². The molecular weight excluding hydrogens is 356 g/mol. The third-order valence-electron chi connectivity index (χ3n) is 4.42. The number of aryl methyl sites for hydroxylation is 1. The largest absolute Gasteiger partial charge is 0.465 e. The zero-order chi connectivity index (χ0) is 19.0. The lowest BCUT2D eigenvalue weighted by Gasteiger charge is -2.10. The van der Waals surface area contributed by atoms with Gasteiger partial charge in [0.2, 0.25) is 0 Å². The molecule has 1 aromatic rings. The van der Waals surface area contributed by atoms with Gasteiger partial charge in [0.05, 0.1) is 18.1 Å². The van der Waals surface area contributed by atoms with Crippen LogP contribution in [-0.2, 0) is 28.6 Å². The lowest BCUT2D eigenvalue weighted by Crippen LogP contribution is -2.24. The third-order valence-corrected chi connectivity index (χ3v) is 5.75. The second-order valence-electron chi connectivity index (χ2n) is 6.58. The summed E-state index contributed by atoms with van der Waals surface area (Å²) in [6.45, 7) is 2.36. The summed E-state index contributed by atoms with van der Waals surface area (Å²) in [4.78, 5) is 24.0. The minimum absolute atomic E-state index is 0.0786. The van der Waals surface area contributed by atoms with Crippen molar-refractivity contribution in [3.05, 3.63) is 29.8 Å². The molecule has 0 amide bonds. The Balaban J connectivity index is 1.66. The van der Waals surface area contributed by atoms with Gasteiger partial charge in [0, 0.05) is 6.42 Å². The number of hydrogen-bond donors (Lipinski definition) is 0. The maximum absolute atomic E-state index is 12.1. The highest BCUT2D eigenvalue weighted by Crippen LogP contribution is 2.19. The molecule has 1 saturated heterocycles. The molecule has 7 heteroatoms. The van der Waals surface area contributed by atoms with Gasteiger partial charge in [0.1, 0.15) is 11.7 Å². The molecule has 1 aliphatic heterocycles. The van der Waals surface area contributed by atoms with Gasteiger partial charge in [-0.2, -0.15) is 8.42 Å². The molecular formula is C19H26O6S. The van der Waals surface area contributed by atoms with Crippen molar-refractivity contribution in [2.24, 2.45) is 5.92 Å². The second-order valence-corrected chi connectivity index (χ2v) is 8.20. The first-order chi connectivity index (χ1) is 12.4. The van der Waals surface area contributed by atoms with E-state index in [0.717, 1.165) is 18.4 Å². The summed E-state index contributed by atoms with van der Waals surface area (Å²) in [6.07, 6.45) is 4.32. The van der Waals surface area contributed by atoms with E-state index in [1.54, 1.807) is 12.1 Å². The minimum atomic E-state index is -3.74. The Bertz CT molecular complexity index is 708. The van der Waals surface area contributed by atoms with Crippen LogP contribution in [-0.4, -0.2) is 33.4 Å². The van der Waals surface area contributed by atoms with Crippen LogP contribution in [0.1, 0.15) is 50.5 Å². The first kappa shape index (κ1) is 20.6. The Morgan fingerprint density at radius 2 is 1.88 bits per heavy atom. The summed E-state index contributed by atoms with van der Waals surface area (Å²) >= 11 is 0. The van der Waals surface area contributed by atoms with Crippen LogP contribution in [0.25, 0.3) is 0 Å². The molecule has 2 rings (SSSR count). The van der Waals surface area contributed by atoms with Gasteiger partial charge >= 0.3 is 5.97 Å². The van der Waals surface area contributed by atoms with Crippen molar-refractivity contribution in [3.8, 4) is 0 Å². The normalized spacial score (nSPS) is 18.2. The molecule has 1 aliphatic rings. The van der Waals surface area contributed by atoms with E-state index >= 15 is 0 Å². The number of unbranched alkanes of at least 4 members (excludes halogenated alkanes) is 2. The van der Waals surface area contributed by atoms with Crippen molar-refractivity contribution in [3.63, 3.8) is 0 Å². The summed E-state index contributed by atoms with van der Waals surface area (Å²) in [5, 5.41) is 0. The van der Waals surface area contributed by atoms with E-state index in [0.29, 0.717) is 38.7 Å². The molecule has 1 atom stereocenters. The molecule has 144 valence electrons. The van der Waals surface area contributed by atoms with Gasteiger partial charge in [-0.25, -0.2) is 0 Å². The van der Waals surface area contributed by atoms with E-state index in [1.165, 1.54) is 12.1 Å². The maximum Gasteiger partial charge on any atom is 0.316 e. The average Bonchev–Trinajstić information content (AvgIpc) is 2.82. The Morgan fingerprint density at radius 3 is 2.62 bits per heavy atom. The Labute approximate surface area is 155 Å². The first-order valence-corrected chi connectivity index (χ1v) is 10.5. The lowest BCUT2D eigenvalue weighted by molar-refractivity contribution is -0.150. The van der Waals surface area contributed by atoms with Gasteiger partial charge in [-0.1, -0.05) is 24.1 Å². The van der Waals surface area contributed by atoms with E-state index < -0.39 is 22.0 Å². The number of esters is 1. The number of cyclic esters (lactones) is 1. The van der Waals surface area contributed by atoms with Crippen LogP contribution >= 0.6 is 0 Å². The maximum atomic E-state index is 12.1. The van der Waals surface area contributed by atoms with Crippen LogP contribution in [0.5, 0.6) is 0 Å². The van der Waals surface area contributed by atoms with Crippen molar-refractivity contribution in [2.45, 2.75) is 56.8 Å². The van der Waals surface area contributed by atoms with Crippen molar-refractivity contribution < 1.29 is 26.9 Å². The summed E-state index contributed by atoms with van der Waals surface area (Å²) < 4.78 is 34.1. The fourth-order valence-electron chi connectivity index (χ4n) is 2.83.